The molecule has 0 bridgehead atoms. The first-order valence-corrected chi connectivity index (χ1v) is 10.4. The van der Waals surface area contributed by atoms with Crippen molar-refractivity contribution in [3.63, 3.8) is 0 Å². The second kappa shape index (κ2) is 12.8. The third kappa shape index (κ3) is 7.91. The Morgan fingerprint density at radius 3 is 1.74 bits per heavy atom. The van der Waals surface area contributed by atoms with E-state index < -0.39 is 42.3 Å². The third-order valence-corrected chi connectivity index (χ3v) is 4.69. The van der Waals surface area contributed by atoms with Crippen LogP contribution in [-0.2, 0) is 19.2 Å². The van der Waals surface area contributed by atoms with Crippen LogP contribution in [0.5, 0.6) is 23.0 Å². The number of Topliss-reactive ketones (excluding diaryl/α,β-unsaturated/α-hetero) is 2. The Bertz CT molecular complexity index is 1150. The van der Waals surface area contributed by atoms with Gasteiger partial charge < -0.3 is 31.2 Å². The Hall–Kier alpha value is -4.28. The van der Waals surface area contributed by atoms with Gasteiger partial charge in [0.05, 0.1) is 26.6 Å². The Morgan fingerprint density at radius 1 is 0.829 bits per heavy atom. The van der Waals surface area contributed by atoms with Crippen molar-refractivity contribution < 1.29 is 38.9 Å². The van der Waals surface area contributed by atoms with E-state index in [0.717, 1.165) is 0 Å². The molecule has 2 rings (SSSR count). The number of aromatic hydroxyl groups is 2. The van der Waals surface area contributed by atoms with Crippen molar-refractivity contribution in [1.29, 1.82) is 0 Å². The van der Waals surface area contributed by atoms with Crippen LogP contribution >= 0.6 is 0 Å². The van der Waals surface area contributed by atoms with Crippen LogP contribution in [0.2, 0.25) is 0 Å². The molecule has 0 atom stereocenters. The second-order valence-corrected chi connectivity index (χ2v) is 7.27. The number of hydrogen-bond donors (Lipinski definition) is 4. The fourth-order valence-electron chi connectivity index (χ4n) is 2.85. The number of hydrogen-bond acceptors (Lipinski definition) is 10. The van der Waals surface area contributed by atoms with E-state index in [1.54, 1.807) is 6.07 Å². The molecule has 0 aliphatic carbocycles. The van der Waals surface area contributed by atoms with Crippen LogP contribution in [0.15, 0.2) is 48.6 Å². The standard InChI is InChI=1S/C25H26N2O8/c1-34-23-10-15(4-8-19(23)30)2-6-17(28)12-18(29)7-3-16-5-9-20(31)24(11-16)35-25(21(32)13-26)22(33)14-27/h2-11,25,30-31H,12-14,26-27H2,1H3/b6-2+,7-3+. The fraction of sp³-hybridized carbons (Fsp3) is 0.200. The van der Waals surface area contributed by atoms with Crippen molar-refractivity contribution in [2.45, 2.75) is 12.5 Å². The van der Waals surface area contributed by atoms with Crippen LogP contribution in [0.3, 0.4) is 0 Å². The summed E-state index contributed by atoms with van der Waals surface area (Å²) in [6.07, 6.45) is 3.36. The zero-order chi connectivity index (χ0) is 26.0. The largest absolute Gasteiger partial charge is 0.504 e. The van der Waals surface area contributed by atoms with Crippen molar-refractivity contribution in [3.05, 3.63) is 59.7 Å². The Kier molecular flexibility index (Phi) is 9.88. The Labute approximate surface area is 201 Å². The number of methoxy groups -OCH3 is 1. The highest BCUT2D eigenvalue weighted by Crippen LogP contribution is 2.29. The number of phenols is 2. The van der Waals surface area contributed by atoms with Crippen molar-refractivity contribution in [3.8, 4) is 23.0 Å². The molecule has 35 heavy (non-hydrogen) atoms. The van der Waals surface area contributed by atoms with Crippen molar-refractivity contribution in [2.75, 3.05) is 20.2 Å². The first-order chi connectivity index (χ1) is 16.7. The van der Waals surface area contributed by atoms with Crippen LogP contribution in [0.1, 0.15) is 17.5 Å². The van der Waals surface area contributed by atoms with Gasteiger partial charge in [0.2, 0.25) is 6.10 Å². The number of ketones is 4. The summed E-state index contributed by atoms with van der Waals surface area (Å²) in [5.41, 5.74) is 11.6. The molecule has 0 aromatic heterocycles. The summed E-state index contributed by atoms with van der Waals surface area (Å²) in [4.78, 5) is 48.1. The number of phenolic OH excluding ortho intramolecular Hbond substituents is 2. The minimum Gasteiger partial charge on any atom is -0.504 e. The molecule has 0 heterocycles. The first-order valence-electron chi connectivity index (χ1n) is 10.4. The van der Waals surface area contributed by atoms with Crippen LogP contribution in [-0.4, -0.2) is 59.6 Å². The monoisotopic (exact) mass is 482 g/mol. The van der Waals surface area contributed by atoms with E-state index in [9.17, 15) is 29.4 Å². The lowest BCUT2D eigenvalue weighted by Crippen LogP contribution is -2.42. The first kappa shape index (κ1) is 27.0. The van der Waals surface area contributed by atoms with Crippen LogP contribution in [0.4, 0.5) is 0 Å². The zero-order valence-corrected chi connectivity index (χ0v) is 19.0. The van der Waals surface area contributed by atoms with E-state index in [0.29, 0.717) is 11.1 Å². The van der Waals surface area contributed by atoms with E-state index in [1.807, 2.05) is 0 Å². The molecule has 2 aromatic carbocycles. The van der Waals surface area contributed by atoms with Gasteiger partial charge in [-0.3, -0.25) is 19.2 Å². The lowest BCUT2D eigenvalue weighted by Gasteiger charge is -2.16. The number of rotatable bonds is 13. The van der Waals surface area contributed by atoms with Gasteiger partial charge >= 0.3 is 0 Å². The smallest absolute Gasteiger partial charge is 0.217 e. The average molecular weight is 482 g/mol. The molecule has 0 saturated carbocycles. The average Bonchev–Trinajstić information content (AvgIpc) is 2.85. The molecule has 0 aliphatic heterocycles. The quantitative estimate of drug-likeness (QED) is 0.239. The van der Waals surface area contributed by atoms with Gasteiger partial charge in [0.1, 0.15) is 0 Å². The highest BCUT2D eigenvalue weighted by Gasteiger charge is 2.27. The summed E-state index contributed by atoms with van der Waals surface area (Å²) in [6.45, 7) is -0.901. The van der Waals surface area contributed by atoms with Crippen molar-refractivity contribution in [2.24, 2.45) is 11.5 Å². The van der Waals surface area contributed by atoms with Crippen LogP contribution in [0.25, 0.3) is 12.2 Å². The summed E-state index contributed by atoms with van der Waals surface area (Å²) in [6, 6.07) is 8.59. The molecule has 6 N–H and O–H groups in total. The number of carbonyl (C=O) groups is 4. The predicted molar refractivity (Wildman–Crippen MR) is 128 cm³/mol. The normalized spacial score (nSPS) is 11.2. The number of benzene rings is 2. The van der Waals surface area contributed by atoms with E-state index in [-0.39, 0.29) is 29.4 Å². The lowest BCUT2D eigenvalue weighted by atomic mass is 10.1. The molecule has 0 fully saturated rings. The summed E-state index contributed by atoms with van der Waals surface area (Å²) >= 11 is 0. The minimum atomic E-state index is -1.56. The van der Waals surface area contributed by atoms with Gasteiger partial charge in [-0.15, -0.1) is 0 Å². The van der Waals surface area contributed by atoms with E-state index >= 15 is 0 Å². The van der Waals surface area contributed by atoms with Gasteiger partial charge in [0.15, 0.2) is 46.1 Å². The summed E-state index contributed by atoms with van der Waals surface area (Å²) in [7, 11) is 1.40. The minimum absolute atomic E-state index is 0.0356. The second-order valence-electron chi connectivity index (χ2n) is 7.27. The highest BCUT2D eigenvalue weighted by molar-refractivity contribution is 6.11. The van der Waals surface area contributed by atoms with E-state index in [4.69, 9.17) is 20.9 Å². The maximum Gasteiger partial charge on any atom is 0.217 e. The molecule has 0 spiro atoms. The molecule has 10 nitrogen and oxygen atoms in total. The van der Waals surface area contributed by atoms with Gasteiger partial charge in [0, 0.05) is 0 Å². The predicted octanol–water partition coefficient (Wildman–Crippen LogP) is 1.16. The molecular formula is C25H26N2O8. The summed E-state index contributed by atoms with van der Waals surface area (Å²) in [5.74, 6) is -2.61. The molecule has 0 amide bonds. The van der Waals surface area contributed by atoms with Crippen LogP contribution in [0, 0.1) is 0 Å². The maximum atomic E-state index is 12.2. The SMILES string of the molecule is COc1cc(/C=C/C(=O)CC(=O)/C=C/c2ccc(O)c(OC(C(=O)CN)C(=O)CN)c2)ccc1O. The molecule has 0 aliphatic rings. The third-order valence-electron chi connectivity index (χ3n) is 4.69. The van der Waals surface area contributed by atoms with Gasteiger partial charge in [-0.25, -0.2) is 0 Å². The molecule has 184 valence electrons. The fourth-order valence-corrected chi connectivity index (χ4v) is 2.85. The number of ether oxygens (including phenoxy) is 2. The molecule has 0 radical (unpaired) electrons. The summed E-state index contributed by atoms with van der Waals surface area (Å²) in [5, 5.41) is 19.6. The molecule has 2 aromatic rings. The molecular weight excluding hydrogens is 456 g/mol. The van der Waals surface area contributed by atoms with Gasteiger partial charge in [-0.05, 0) is 47.5 Å². The Morgan fingerprint density at radius 2 is 1.29 bits per heavy atom. The highest BCUT2D eigenvalue weighted by atomic mass is 16.5. The molecule has 10 heteroatoms. The van der Waals surface area contributed by atoms with Crippen LogP contribution < -0.4 is 20.9 Å². The topological polar surface area (TPSA) is 179 Å². The van der Waals surface area contributed by atoms with Crippen molar-refractivity contribution >= 4 is 35.3 Å². The van der Waals surface area contributed by atoms with E-state index in [1.165, 1.54) is 61.7 Å². The Balaban J connectivity index is 2.05. The van der Waals surface area contributed by atoms with Gasteiger partial charge in [0.25, 0.3) is 0 Å². The number of nitrogens with two attached hydrogens (primary N) is 2. The summed E-state index contributed by atoms with van der Waals surface area (Å²) < 4.78 is 10.3. The zero-order valence-electron chi connectivity index (χ0n) is 19.0. The van der Waals surface area contributed by atoms with Gasteiger partial charge in [-0.1, -0.05) is 24.3 Å². The molecule has 0 saturated heterocycles. The number of carbonyl (C=O) groups excluding carboxylic acids is 4. The van der Waals surface area contributed by atoms with Crippen molar-refractivity contribution in [1.82, 2.24) is 0 Å². The maximum absolute atomic E-state index is 12.2. The van der Waals surface area contributed by atoms with Gasteiger partial charge in [-0.2, -0.15) is 0 Å². The number of allylic oxidation sites excluding steroid dienone is 2. The van der Waals surface area contributed by atoms with E-state index in [2.05, 4.69) is 0 Å². The molecule has 0 unspecified atom stereocenters. The lowest BCUT2D eigenvalue weighted by molar-refractivity contribution is -0.135.